The molecule has 3 saturated heterocycles. The molecule has 0 aromatic heterocycles. The summed E-state index contributed by atoms with van der Waals surface area (Å²) in [7, 11) is 0. The molecular weight excluding hydrogens is 250 g/mol. The van der Waals surface area contributed by atoms with Crippen LogP contribution < -0.4 is 4.74 Å². The van der Waals surface area contributed by atoms with Crippen LogP contribution in [-0.4, -0.2) is 35.3 Å². The third-order valence-electron chi connectivity index (χ3n) is 4.22. The molecule has 1 atom stereocenters. The van der Waals surface area contributed by atoms with Crippen molar-refractivity contribution in [1.82, 2.24) is 4.90 Å². The van der Waals surface area contributed by atoms with Crippen molar-refractivity contribution in [2.24, 2.45) is 5.92 Å². The van der Waals surface area contributed by atoms with Gasteiger partial charge in [0.2, 0.25) is 0 Å². The summed E-state index contributed by atoms with van der Waals surface area (Å²) in [5.74, 6) is 1.35. The topological polar surface area (TPSA) is 32.7 Å². The number of aliphatic hydroxyl groups is 1. The number of piperidine rings is 3. The van der Waals surface area contributed by atoms with Gasteiger partial charge in [-0.3, -0.25) is 0 Å². The lowest BCUT2D eigenvalue weighted by Gasteiger charge is -2.45. The molecule has 3 nitrogen and oxygen atoms in total. The summed E-state index contributed by atoms with van der Waals surface area (Å²) >= 11 is 0. The predicted octanol–water partition coefficient (Wildman–Crippen LogP) is 2.90. The third kappa shape index (κ3) is 2.68. The zero-order chi connectivity index (χ0) is 14.1. The molecule has 3 heteroatoms. The van der Waals surface area contributed by atoms with Gasteiger partial charge in [-0.05, 0) is 56.4 Å². The van der Waals surface area contributed by atoms with Crippen LogP contribution >= 0.6 is 0 Å². The Balaban J connectivity index is 1.78. The molecule has 1 aromatic rings. The van der Waals surface area contributed by atoms with Gasteiger partial charge in [0, 0.05) is 18.8 Å². The maximum Gasteiger partial charge on any atom is 0.119 e. The number of fused-ring (bicyclic) bond motifs is 3. The highest BCUT2D eigenvalue weighted by Crippen LogP contribution is 2.35. The van der Waals surface area contributed by atoms with E-state index in [0.717, 1.165) is 42.9 Å². The van der Waals surface area contributed by atoms with Gasteiger partial charge in [-0.25, -0.2) is 0 Å². The van der Waals surface area contributed by atoms with Crippen LogP contribution in [0.15, 0.2) is 30.0 Å². The van der Waals surface area contributed by atoms with E-state index in [1.165, 1.54) is 0 Å². The molecule has 108 valence electrons. The maximum atomic E-state index is 10.4. The molecule has 20 heavy (non-hydrogen) atoms. The molecule has 3 aliphatic rings. The van der Waals surface area contributed by atoms with Crippen LogP contribution in [0.5, 0.6) is 5.75 Å². The molecule has 3 aliphatic heterocycles. The lowest BCUT2D eigenvalue weighted by molar-refractivity contribution is 0.0215. The fraction of sp³-hybridized carbons (Fsp3) is 0.529. The zero-order valence-electron chi connectivity index (χ0n) is 12.2. The van der Waals surface area contributed by atoms with Crippen LogP contribution in [0.4, 0.5) is 0 Å². The molecule has 0 saturated carbocycles. The van der Waals surface area contributed by atoms with Gasteiger partial charge in [-0.1, -0.05) is 12.1 Å². The second-order valence-electron chi connectivity index (χ2n) is 6.07. The van der Waals surface area contributed by atoms with Gasteiger partial charge in [-0.15, -0.1) is 0 Å². The first-order valence-corrected chi connectivity index (χ1v) is 7.55. The van der Waals surface area contributed by atoms with E-state index in [2.05, 4.69) is 23.1 Å². The van der Waals surface area contributed by atoms with E-state index in [1.807, 2.05) is 26.0 Å². The first-order chi connectivity index (χ1) is 9.63. The van der Waals surface area contributed by atoms with Crippen LogP contribution in [0.2, 0.25) is 0 Å². The molecule has 2 bridgehead atoms. The Morgan fingerprint density at radius 3 is 2.40 bits per heavy atom. The lowest BCUT2D eigenvalue weighted by atomic mass is 9.83. The number of nitrogens with zero attached hydrogens (tertiary/aromatic N) is 1. The summed E-state index contributed by atoms with van der Waals surface area (Å²) in [6.45, 7) is 6.22. The number of rotatable bonds is 3. The van der Waals surface area contributed by atoms with Crippen molar-refractivity contribution in [1.29, 1.82) is 0 Å². The number of hydrogen-bond acceptors (Lipinski definition) is 3. The third-order valence-corrected chi connectivity index (χ3v) is 4.22. The van der Waals surface area contributed by atoms with Gasteiger partial charge < -0.3 is 14.7 Å². The molecule has 4 rings (SSSR count). The van der Waals surface area contributed by atoms with E-state index in [0.29, 0.717) is 5.92 Å². The molecule has 0 radical (unpaired) electrons. The molecule has 3 heterocycles. The average molecular weight is 273 g/mol. The second-order valence-corrected chi connectivity index (χ2v) is 6.07. The Morgan fingerprint density at radius 2 is 1.85 bits per heavy atom. The Hall–Kier alpha value is -1.48. The van der Waals surface area contributed by atoms with E-state index in [9.17, 15) is 5.11 Å². The molecule has 1 aromatic carbocycles. The Morgan fingerprint density at radius 1 is 1.20 bits per heavy atom. The summed E-state index contributed by atoms with van der Waals surface area (Å²) in [4.78, 5) is 2.32. The van der Waals surface area contributed by atoms with Gasteiger partial charge in [0.1, 0.15) is 5.75 Å². The SMILES string of the molecule is CC(C)Oc1ccc(/C=C2/C(O)C3CCN2CC3)cc1. The molecule has 1 unspecified atom stereocenters. The fourth-order valence-electron chi connectivity index (χ4n) is 3.16. The lowest BCUT2D eigenvalue weighted by Crippen LogP contribution is -2.48. The predicted molar refractivity (Wildman–Crippen MR) is 80.5 cm³/mol. The standard InChI is InChI=1S/C17H23NO2/c1-12(2)20-15-5-3-13(4-6-15)11-16-17(19)14-7-9-18(16)10-8-14/h3-6,11-12,14,17,19H,7-10H2,1-2H3/b16-11-. The van der Waals surface area contributed by atoms with Gasteiger partial charge >= 0.3 is 0 Å². The van der Waals surface area contributed by atoms with Crippen molar-refractivity contribution in [2.45, 2.75) is 38.9 Å². The molecule has 0 aliphatic carbocycles. The second kappa shape index (κ2) is 5.49. The molecule has 0 amide bonds. The normalized spacial score (nSPS) is 27.4. The minimum absolute atomic E-state index is 0.196. The van der Waals surface area contributed by atoms with Crippen LogP contribution in [0.1, 0.15) is 32.3 Å². The number of ether oxygens (including phenoxy) is 1. The molecule has 0 spiro atoms. The highest BCUT2D eigenvalue weighted by molar-refractivity contribution is 5.55. The first kappa shape index (κ1) is 13.5. The minimum Gasteiger partial charge on any atom is -0.491 e. The highest BCUT2D eigenvalue weighted by atomic mass is 16.5. The molecule has 1 N–H and O–H groups in total. The number of aliphatic hydroxyl groups excluding tert-OH is 1. The highest BCUT2D eigenvalue weighted by Gasteiger charge is 2.36. The van der Waals surface area contributed by atoms with E-state index in [-0.39, 0.29) is 12.2 Å². The molecular formula is C17H23NO2. The zero-order valence-corrected chi connectivity index (χ0v) is 12.2. The van der Waals surface area contributed by atoms with Crippen LogP contribution in [0, 0.1) is 5.92 Å². The van der Waals surface area contributed by atoms with Crippen LogP contribution in [0.3, 0.4) is 0 Å². The monoisotopic (exact) mass is 273 g/mol. The van der Waals surface area contributed by atoms with Crippen molar-refractivity contribution in [2.75, 3.05) is 13.1 Å². The van der Waals surface area contributed by atoms with E-state index < -0.39 is 0 Å². The van der Waals surface area contributed by atoms with Crippen molar-refractivity contribution in [3.63, 3.8) is 0 Å². The quantitative estimate of drug-likeness (QED) is 0.919. The van der Waals surface area contributed by atoms with E-state index in [4.69, 9.17) is 4.74 Å². The van der Waals surface area contributed by atoms with Crippen molar-refractivity contribution in [3.05, 3.63) is 35.5 Å². The van der Waals surface area contributed by atoms with E-state index >= 15 is 0 Å². The Kier molecular flexibility index (Phi) is 3.70. The Bertz CT molecular complexity index is 480. The van der Waals surface area contributed by atoms with Gasteiger partial charge in [0.25, 0.3) is 0 Å². The summed E-state index contributed by atoms with van der Waals surface area (Å²) in [6.07, 6.45) is 4.28. The van der Waals surface area contributed by atoms with Gasteiger partial charge in [-0.2, -0.15) is 0 Å². The van der Waals surface area contributed by atoms with Crippen molar-refractivity contribution >= 4 is 6.08 Å². The largest absolute Gasteiger partial charge is 0.491 e. The smallest absolute Gasteiger partial charge is 0.119 e. The molecule has 3 fully saturated rings. The fourth-order valence-corrected chi connectivity index (χ4v) is 3.16. The summed E-state index contributed by atoms with van der Waals surface area (Å²) in [6, 6.07) is 8.10. The Labute approximate surface area is 120 Å². The van der Waals surface area contributed by atoms with Crippen molar-refractivity contribution < 1.29 is 9.84 Å². The van der Waals surface area contributed by atoms with Gasteiger partial charge in [0.15, 0.2) is 0 Å². The maximum absolute atomic E-state index is 10.4. The van der Waals surface area contributed by atoms with Crippen molar-refractivity contribution in [3.8, 4) is 5.75 Å². The summed E-state index contributed by atoms with van der Waals surface area (Å²) in [5.41, 5.74) is 2.22. The minimum atomic E-state index is -0.288. The number of hydrogen-bond donors (Lipinski definition) is 1. The first-order valence-electron chi connectivity index (χ1n) is 7.55. The van der Waals surface area contributed by atoms with E-state index in [1.54, 1.807) is 0 Å². The van der Waals surface area contributed by atoms with Gasteiger partial charge in [0.05, 0.1) is 12.2 Å². The summed E-state index contributed by atoms with van der Waals surface area (Å²) < 4.78 is 5.65. The average Bonchev–Trinajstić information content (AvgIpc) is 2.44. The van der Waals surface area contributed by atoms with Crippen LogP contribution in [-0.2, 0) is 0 Å². The summed E-state index contributed by atoms with van der Waals surface area (Å²) in [5, 5.41) is 10.4. The van der Waals surface area contributed by atoms with Crippen LogP contribution in [0.25, 0.3) is 6.08 Å². The number of benzene rings is 1.